The van der Waals surface area contributed by atoms with Gasteiger partial charge in [0.05, 0.1) is 17.4 Å². The van der Waals surface area contributed by atoms with Crippen LogP contribution in [-0.4, -0.2) is 21.7 Å². The fraction of sp³-hybridized carbons (Fsp3) is 0.769. The highest BCUT2D eigenvalue weighted by Gasteiger charge is 2.28. The van der Waals surface area contributed by atoms with Crippen molar-refractivity contribution in [2.75, 3.05) is 7.05 Å². The molecule has 0 unspecified atom stereocenters. The first-order valence-corrected chi connectivity index (χ1v) is 6.77. The number of hydrogen-bond acceptors (Lipinski definition) is 3. The third-order valence-corrected chi connectivity index (χ3v) is 4.16. The van der Waals surface area contributed by atoms with E-state index in [4.69, 9.17) is 10.8 Å². The zero-order valence-electron chi connectivity index (χ0n) is 10.7. The lowest BCUT2D eigenvalue weighted by Gasteiger charge is -2.24. The quantitative estimate of drug-likeness (QED) is 0.848. The van der Waals surface area contributed by atoms with Crippen LogP contribution in [0.1, 0.15) is 55.1 Å². The zero-order chi connectivity index (χ0) is 11.8. The van der Waals surface area contributed by atoms with Crippen molar-refractivity contribution in [1.29, 1.82) is 0 Å². The molecule has 0 spiro atoms. The number of hydrogen-bond donors (Lipinski definition) is 1. The summed E-state index contributed by atoms with van der Waals surface area (Å²) in [5, 5.41) is 4.77. The fourth-order valence-electron chi connectivity index (χ4n) is 3.28. The van der Waals surface area contributed by atoms with Crippen LogP contribution in [0.3, 0.4) is 0 Å². The van der Waals surface area contributed by atoms with Gasteiger partial charge in [-0.1, -0.05) is 19.3 Å². The van der Waals surface area contributed by atoms with Crippen molar-refractivity contribution in [1.82, 2.24) is 14.7 Å². The highest BCUT2D eigenvalue weighted by Crippen LogP contribution is 2.33. The lowest BCUT2D eigenvalue weighted by molar-refractivity contribution is 0.297. The maximum atomic E-state index is 5.82. The van der Waals surface area contributed by atoms with E-state index in [1.165, 1.54) is 43.4 Å². The molecule has 3 rings (SSSR count). The summed E-state index contributed by atoms with van der Waals surface area (Å²) >= 11 is 0. The Morgan fingerprint density at radius 2 is 2.00 bits per heavy atom. The first-order chi connectivity index (χ1) is 8.29. The molecule has 1 saturated carbocycles. The first-order valence-electron chi connectivity index (χ1n) is 6.77. The number of rotatable bonds is 2. The Hall–Kier alpha value is -0.870. The molecule has 1 fully saturated rings. The molecule has 2 N–H and O–H groups in total. The summed E-state index contributed by atoms with van der Waals surface area (Å²) in [6.45, 7) is 2.64. The van der Waals surface area contributed by atoms with Crippen LogP contribution in [0.25, 0.3) is 0 Å². The molecular formula is C13H22N4. The van der Waals surface area contributed by atoms with Crippen LogP contribution in [0.2, 0.25) is 0 Å². The van der Waals surface area contributed by atoms with Gasteiger partial charge in [0.1, 0.15) is 0 Å². The number of nitrogens with two attached hydrogens (primary N) is 1. The van der Waals surface area contributed by atoms with Gasteiger partial charge in [0.25, 0.3) is 0 Å². The van der Waals surface area contributed by atoms with Gasteiger partial charge in [-0.15, -0.1) is 0 Å². The standard InChI is InChI=1S/C13H22N4/c1-16-8-11-12(7-14)15-17(13(11)9-16)10-5-3-2-4-6-10/h10H,2-9,14H2,1H3. The summed E-state index contributed by atoms with van der Waals surface area (Å²) in [7, 11) is 2.17. The van der Waals surface area contributed by atoms with E-state index in [9.17, 15) is 0 Å². The highest BCUT2D eigenvalue weighted by atomic mass is 15.3. The number of fused-ring (bicyclic) bond motifs is 1. The van der Waals surface area contributed by atoms with E-state index < -0.39 is 0 Å². The minimum absolute atomic E-state index is 0.579. The van der Waals surface area contributed by atoms with Gasteiger partial charge in [-0.2, -0.15) is 5.10 Å². The maximum absolute atomic E-state index is 5.82. The summed E-state index contributed by atoms with van der Waals surface area (Å²) in [4.78, 5) is 2.35. The second-order valence-corrected chi connectivity index (χ2v) is 5.48. The van der Waals surface area contributed by atoms with Gasteiger partial charge in [0, 0.05) is 25.2 Å². The molecule has 1 aliphatic carbocycles. The zero-order valence-corrected chi connectivity index (χ0v) is 10.7. The van der Waals surface area contributed by atoms with E-state index in [0.717, 1.165) is 18.8 Å². The molecule has 0 aromatic carbocycles. The van der Waals surface area contributed by atoms with Gasteiger partial charge >= 0.3 is 0 Å². The molecule has 0 amide bonds. The minimum Gasteiger partial charge on any atom is -0.325 e. The largest absolute Gasteiger partial charge is 0.325 e. The second kappa shape index (κ2) is 4.42. The van der Waals surface area contributed by atoms with Crippen LogP contribution in [-0.2, 0) is 19.6 Å². The Balaban J connectivity index is 1.94. The second-order valence-electron chi connectivity index (χ2n) is 5.48. The molecule has 4 nitrogen and oxygen atoms in total. The highest BCUT2D eigenvalue weighted by molar-refractivity contribution is 5.30. The third-order valence-electron chi connectivity index (χ3n) is 4.16. The third kappa shape index (κ3) is 1.89. The Labute approximate surface area is 103 Å². The maximum Gasteiger partial charge on any atom is 0.0808 e. The monoisotopic (exact) mass is 234 g/mol. The SMILES string of the molecule is CN1Cc2c(CN)nn(C3CCCCC3)c2C1. The Kier molecular flexibility index (Phi) is 2.92. The van der Waals surface area contributed by atoms with E-state index >= 15 is 0 Å². The van der Waals surface area contributed by atoms with E-state index in [-0.39, 0.29) is 0 Å². The average Bonchev–Trinajstić information content (AvgIpc) is 2.87. The summed E-state index contributed by atoms with van der Waals surface area (Å²) in [5.74, 6) is 0. The lowest BCUT2D eigenvalue weighted by Crippen LogP contribution is -2.19. The number of nitrogens with zero attached hydrogens (tertiary/aromatic N) is 3. The molecule has 0 radical (unpaired) electrons. The Morgan fingerprint density at radius 3 is 2.71 bits per heavy atom. The van der Waals surface area contributed by atoms with E-state index in [1.807, 2.05) is 0 Å². The molecule has 0 atom stereocenters. The van der Waals surface area contributed by atoms with Crippen LogP contribution in [0, 0.1) is 0 Å². The lowest BCUT2D eigenvalue weighted by atomic mass is 9.95. The predicted molar refractivity (Wildman–Crippen MR) is 67.4 cm³/mol. The topological polar surface area (TPSA) is 47.1 Å². The van der Waals surface area contributed by atoms with Gasteiger partial charge in [0.15, 0.2) is 0 Å². The van der Waals surface area contributed by atoms with Crippen LogP contribution in [0.5, 0.6) is 0 Å². The van der Waals surface area contributed by atoms with Crippen LogP contribution < -0.4 is 5.73 Å². The molecule has 1 aromatic heterocycles. The van der Waals surface area contributed by atoms with Crippen molar-refractivity contribution in [3.05, 3.63) is 17.0 Å². The molecule has 1 aromatic rings. The first kappa shape index (κ1) is 11.2. The summed E-state index contributed by atoms with van der Waals surface area (Å²) in [6, 6.07) is 0.629. The Bertz CT molecular complexity index is 404. The van der Waals surface area contributed by atoms with E-state index in [0.29, 0.717) is 12.6 Å². The summed E-state index contributed by atoms with van der Waals surface area (Å²) in [5.41, 5.74) is 9.77. The smallest absolute Gasteiger partial charge is 0.0808 e. The summed E-state index contributed by atoms with van der Waals surface area (Å²) in [6.07, 6.45) is 6.69. The molecule has 1 aliphatic heterocycles. The van der Waals surface area contributed by atoms with Crippen molar-refractivity contribution in [2.24, 2.45) is 5.73 Å². The van der Waals surface area contributed by atoms with Crippen LogP contribution in [0.15, 0.2) is 0 Å². The number of aromatic nitrogens is 2. The van der Waals surface area contributed by atoms with Gasteiger partial charge in [-0.3, -0.25) is 9.58 Å². The predicted octanol–water partition coefficient (Wildman–Crippen LogP) is 1.79. The van der Waals surface area contributed by atoms with Crippen molar-refractivity contribution in [3.63, 3.8) is 0 Å². The van der Waals surface area contributed by atoms with E-state index in [2.05, 4.69) is 16.6 Å². The molecule has 94 valence electrons. The molecule has 0 saturated heterocycles. The van der Waals surface area contributed by atoms with Crippen LogP contribution >= 0.6 is 0 Å². The molecule has 17 heavy (non-hydrogen) atoms. The van der Waals surface area contributed by atoms with Crippen molar-refractivity contribution in [3.8, 4) is 0 Å². The minimum atomic E-state index is 0.579. The molecule has 2 aliphatic rings. The molecule has 2 heterocycles. The van der Waals surface area contributed by atoms with Gasteiger partial charge < -0.3 is 5.73 Å². The normalized spacial score (nSPS) is 22.0. The van der Waals surface area contributed by atoms with Gasteiger partial charge in [0.2, 0.25) is 0 Å². The molecular weight excluding hydrogens is 212 g/mol. The van der Waals surface area contributed by atoms with Crippen molar-refractivity contribution >= 4 is 0 Å². The Morgan fingerprint density at radius 1 is 1.24 bits per heavy atom. The average molecular weight is 234 g/mol. The molecule has 4 heteroatoms. The summed E-state index contributed by atoms with van der Waals surface area (Å²) < 4.78 is 2.31. The van der Waals surface area contributed by atoms with E-state index in [1.54, 1.807) is 0 Å². The fourth-order valence-corrected chi connectivity index (χ4v) is 3.28. The van der Waals surface area contributed by atoms with Crippen molar-refractivity contribution in [2.45, 2.75) is 57.8 Å². The van der Waals surface area contributed by atoms with Crippen LogP contribution in [0.4, 0.5) is 0 Å². The van der Waals surface area contributed by atoms with Gasteiger partial charge in [-0.05, 0) is 19.9 Å². The molecule has 0 bridgehead atoms. The van der Waals surface area contributed by atoms with Crippen molar-refractivity contribution < 1.29 is 0 Å². The van der Waals surface area contributed by atoms with Gasteiger partial charge in [-0.25, -0.2) is 0 Å².